The first kappa shape index (κ1) is 12.0. The molecule has 0 bridgehead atoms. The summed E-state index contributed by atoms with van der Waals surface area (Å²) < 4.78 is 0. The number of aromatic nitrogens is 3. The summed E-state index contributed by atoms with van der Waals surface area (Å²) in [6.45, 7) is 2.08. The molecule has 1 aliphatic heterocycles. The van der Waals surface area contributed by atoms with Gasteiger partial charge in [-0.15, -0.1) is 0 Å². The van der Waals surface area contributed by atoms with E-state index in [0.717, 1.165) is 36.6 Å². The first-order valence-electron chi connectivity index (χ1n) is 6.50. The molecule has 5 nitrogen and oxygen atoms in total. The van der Waals surface area contributed by atoms with Gasteiger partial charge in [-0.3, -0.25) is 4.98 Å². The average Bonchev–Trinajstić information content (AvgIpc) is 3.02. The van der Waals surface area contributed by atoms with E-state index < -0.39 is 0 Å². The lowest BCUT2D eigenvalue weighted by Gasteiger charge is -2.23. The quantitative estimate of drug-likeness (QED) is 0.897. The van der Waals surface area contributed by atoms with Gasteiger partial charge in [-0.1, -0.05) is 0 Å². The zero-order valence-corrected chi connectivity index (χ0v) is 11.0. The largest absolute Gasteiger partial charge is 0.340 e. The van der Waals surface area contributed by atoms with Crippen molar-refractivity contribution in [3.8, 4) is 11.1 Å². The fourth-order valence-corrected chi connectivity index (χ4v) is 2.33. The summed E-state index contributed by atoms with van der Waals surface area (Å²) in [7, 11) is 2.05. The van der Waals surface area contributed by atoms with Gasteiger partial charge in [0.05, 0.1) is 0 Å². The van der Waals surface area contributed by atoms with Crippen molar-refractivity contribution in [3.05, 3.63) is 36.9 Å². The highest BCUT2D eigenvalue weighted by Crippen LogP contribution is 2.19. The van der Waals surface area contributed by atoms with Gasteiger partial charge in [-0.25, -0.2) is 9.97 Å². The monoisotopic (exact) mass is 255 g/mol. The van der Waals surface area contributed by atoms with E-state index in [2.05, 4.69) is 32.2 Å². The number of hydrogen-bond acceptors (Lipinski definition) is 5. The third-order valence-corrected chi connectivity index (χ3v) is 3.55. The molecule has 1 saturated heterocycles. The molecule has 98 valence electrons. The Kier molecular flexibility index (Phi) is 3.37. The molecule has 1 aliphatic rings. The van der Waals surface area contributed by atoms with Crippen LogP contribution in [0.25, 0.3) is 11.1 Å². The zero-order chi connectivity index (χ0) is 13.1. The maximum Gasteiger partial charge on any atom is 0.225 e. The van der Waals surface area contributed by atoms with Gasteiger partial charge in [0.2, 0.25) is 5.95 Å². The van der Waals surface area contributed by atoms with Crippen LogP contribution in [0.15, 0.2) is 36.9 Å². The normalized spacial score (nSPS) is 18.5. The summed E-state index contributed by atoms with van der Waals surface area (Å²) in [5, 5.41) is 3.36. The number of nitrogens with zero attached hydrogens (tertiary/aromatic N) is 4. The second-order valence-corrected chi connectivity index (χ2v) is 4.77. The first-order valence-corrected chi connectivity index (χ1v) is 6.50. The lowest BCUT2D eigenvalue weighted by Crippen LogP contribution is -2.34. The summed E-state index contributed by atoms with van der Waals surface area (Å²) in [5.74, 6) is 0.784. The smallest absolute Gasteiger partial charge is 0.225 e. The van der Waals surface area contributed by atoms with Crippen molar-refractivity contribution in [2.45, 2.75) is 12.5 Å². The molecule has 3 heterocycles. The fourth-order valence-electron chi connectivity index (χ4n) is 2.33. The van der Waals surface area contributed by atoms with Crippen LogP contribution >= 0.6 is 0 Å². The van der Waals surface area contributed by atoms with Crippen LogP contribution in [-0.2, 0) is 0 Å². The Hall–Kier alpha value is -2.01. The molecule has 0 amide bonds. The Balaban J connectivity index is 1.79. The van der Waals surface area contributed by atoms with Crippen LogP contribution in [0.1, 0.15) is 6.42 Å². The van der Waals surface area contributed by atoms with Gasteiger partial charge < -0.3 is 10.2 Å². The second-order valence-electron chi connectivity index (χ2n) is 4.77. The molecule has 1 atom stereocenters. The van der Waals surface area contributed by atoms with Crippen molar-refractivity contribution in [1.29, 1.82) is 0 Å². The van der Waals surface area contributed by atoms with Gasteiger partial charge in [-0.05, 0) is 30.7 Å². The van der Waals surface area contributed by atoms with Gasteiger partial charge in [0.25, 0.3) is 0 Å². The lowest BCUT2D eigenvalue weighted by molar-refractivity contribution is 0.668. The predicted molar refractivity (Wildman–Crippen MR) is 74.9 cm³/mol. The topological polar surface area (TPSA) is 53.9 Å². The van der Waals surface area contributed by atoms with Gasteiger partial charge in [0.1, 0.15) is 0 Å². The van der Waals surface area contributed by atoms with Crippen molar-refractivity contribution in [1.82, 2.24) is 20.3 Å². The van der Waals surface area contributed by atoms with Crippen LogP contribution in [0.3, 0.4) is 0 Å². The van der Waals surface area contributed by atoms with Gasteiger partial charge in [0.15, 0.2) is 0 Å². The van der Waals surface area contributed by atoms with Gasteiger partial charge in [-0.2, -0.15) is 0 Å². The molecule has 0 aliphatic carbocycles. The molecule has 0 spiro atoms. The number of likely N-dealkylation sites (N-methyl/N-ethyl adjacent to an activating group) is 1. The number of nitrogens with one attached hydrogen (secondary N) is 1. The van der Waals surface area contributed by atoms with Crippen LogP contribution < -0.4 is 10.2 Å². The van der Waals surface area contributed by atoms with E-state index in [9.17, 15) is 0 Å². The molecule has 1 fully saturated rings. The van der Waals surface area contributed by atoms with E-state index in [1.54, 1.807) is 12.4 Å². The maximum absolute atomic E-state index is 4.47. The summed E-state index contributed by atoms with van der Waals surface area (Å²) in [6, 6.07) is 4.41. The summed E-state index contributed by atoms with van der Waals surface area (Å²) in [5.41, 5.74) is 2.11. The molecule has 0 radical (unpaired) electrons. The Morgan fingerprint density at radius 3 is 2.53 bits per heavy atom. The van der Waals surface area contributed by atoms with Crippen LogP contribution in [0.2, 0.25) is 0 Å². The number of rotatable bonds is 3. The average molecular weight is 255 g/mol. The van der Waals surface area contributed by atoms with E-state index in [4.69, 9.17) is 0 Å². The highest BCUT2D eigenvalue weighted by atomic mass is 15.3. The standard InChI is InChI=1S/C14H17N5/c1-19(13-4-7-16-10-13)14-17-8-12(9-18-14)11-2-5-15-6-3-11/h2-3,5-6,8-9,13,16H,4,7,10H2,1H3. The minimum atomic E-state index is 0.492. The molecule has 3 rings (SSSR count). The first-order chi connectivity index (χ1) is 9.34. The Morgan fingerprint density at radius 2 is 1.89 bits per heavy atom. The third kappa shape index (κ3) is 2.56. The molecule has 0 saturated carbocycles. The van der Waals surface area contributed by atoms with Gasteiger partial charge in [0, 0.05) is 50.0 Å². The SMILES string of the molecule is CN(c1ncc(-c2ccncc2)cn1)C1CCNC1. The van der Waals surface area contributed by atoms with Crippen LogP contribution in [0, 0.1) is 0 Å². The molecule has 2 aromatic heterocycles. The van der Waals surface area contributed by atoms with Crippen molar-refractivity contribution < 1.29 is 0 Å². The molecule has 1 unspecified atom stereocenters. The minimum Gasteiger partial charge on any atom is -0.340 e. The molecule has 1 N–H and O–H groups in total. The summed E-state index contributed by atoms with van der Waals surface area (Å²) >= 11 is 0. The van der Waals surface area contributed by atoms with Crippen molar-refractivity contribution in [2.24, 2.45) is 0 Å². The predicted octanol–water partition coefficient (Wildman–Crippen LogP) is 1.34. The van der Waals surface area contributed by atoms with Crippen LogP contribution in [0.5, 0.6) is 0 Å². The molecular formula is C14H17N5. The van der Waals surface area contributed by atoms with E-state index in [1.807, 2.05) is 24.5 Å². The van der Waals surface area contributed by atoms with Gasteiger partial charge >= 0.3 is 0 Å². The minimum absolute atomic E-state index is 0.492. The number of pyridine rings is 1. The number of anilines is 1. The molecule has 0 aromatic carbocycles. The van der Waals surface area contributed by atoms with Crippen molar-refractivity contribution >= 4 is 5.95 Å². The summed E-state index contributed by atoms with van der Waals surface area (Å²) in [4.78, 5) is 15.1. The Labute approximate surface area is 112 Å². The fraction of sp³-hybridized carbons (Fsp3) is 0.357. The van der Waals surface area contributed by atoms with E-state index in [0.29, 0.717) is 6.04 Å². The molecular weight excluding hydrogens is 238 g/mol. The number of hydrogen-bond donors (Lipinski definition) is 1. The van der Waals surface area contributed by atoms with Crippen LogP contribution in [-0.4, -0.2) is 41.1 Å². The second kappa shape index (κ2) is 5.32. The lowest BCUT2D eigenvalue weighted by atomic mass is 10.1. The highest BCUT2D eigenvalue weighted by Gasteiger charge is 2.20. The Bertz CT molecular complexity index is 519. The molecule has 5 heteroatoms. The summed E-state index contributed by atoms with van der Waals surface area (Å²) in [6.07, 6.45) is 8.44. The van der Waals surface area contributed by atoms with Crippen LogP contribution in [0.4, 0.5) is 5.95 Å². The zero-order valence-electron chi connectivity index (χ0n) is 11.0. The van der Waals surface area contributed by atoms with Crippen molar-refractivity contribution in [2.75, 3.05) is 25.0 Å². The van der Waals surface area contributed by atoms with E-state index in [1.165, 1.54) is 0 Å². The maximum atomic E-state index is 4.47. The highest BCUT2D eigenvalue weighted by molar-refractivity contribution is 5.61. The Morgan fingerprint density at radius 1 is 1.16 bits per heavy atom. The molecule has 2 aromatic rings. The van der Waals surface area contributed by atoms with E-state index in [-0.39, 0.29) is 0 Å². The third-order valence-electron chi connectivity index (χ3n) is 3.55. The van der Waals surface area contributed by atoms with E-state index >= 15 is 0 Å². The molecule has 19 heavy (non-hydrogen) atoms. The van der Waals surface area contributed by atoms with Crippen molar-refractivity contribution in [3.63, 3.8) is 0 Å².